The Morgan fingerprint density at radius 1 is 1.11 bits per heavy atom. The van der Waals surface area contributed by atoms with Crippen LogP contribution in [0.5, 0.6) is 0 Å². The van der Waals surface area contributed by atoms with Crippen LogP contribution in [-0.4, -0.2) is 25.0 Å². The number of benzene rings is 1. The molecule has 4 nitrogen and oxygen atoms in total. The Labute approximate surface area is 158 Å². The van der Waals surface area contributed by atoms with Gasteiger partial charge < -0.3 is 10.1 Å². The van der Waals surface area contributed by atoms with E-state index in [4.69, 9.17) is 0 Å². The highest BCUT2D eigenvalue weighted by molar-refractivity contribution is 9.11. The standard InChI is InChI=1S/C16H14BrF6NO3/c1-8(17)3-12(14(26)27-2)24-13(25)6-9-4-10(15(18,19)20)7-11(5-9)16(21,22)23/h4-5,7,12H,1,3,6H2,2H3,(H,24,25)/t12-/m0/s1. The first-order valence-corrected chi connectivity index (χ1v) is 8.02. The number of nitrogens with one attached hydrogen (secondary N) is 1. The van der Waals surface area contributed by atoms with Crippen LogP contribution in [-0.2, 0) is 33.1 Å². The third kappa shape index (κ3) is 7.24. The summed E-state index contributed by atoms with van der Waals surface area (Å²) in [4.78, 5) is 23.6. The van der Waals surface area contributed by atoms with Gasteiger partial charge in [-0.15, -0.1) is 0 Å². The lowest BCUT2D eigenvalue weighted by Gasteiger charge is -2.17. The van der Waals surface area contributed by atoms with Gasteiger partial charge in [0.05, 0.1) is 24.7 Å². The average molecular weight is 462 g/mol. The molecule has 150 valence electrons. The molecular formula is C16H14BrF6NO3. The number of alkyl halides is 6. The van der Waals surface area contributed by atoms with Gasteiger partial charge in [-0.05, 0) is 28.2 Å². The van der Waals surface area contributed by atoms with Crippen molar-refractivity contribution in [3.05, 3.63) is 46.0 Å². The zero-order valence-corrected chi connectivity index (χ0v) is 15.4. The number of carbonyl (C=O) groups is 2. The van der Waals surface area contributed by atoms with Crippen molar-refractivity contribution in [2.75, 3.05) is 7.11 Å². The van der Waals surface area contributed by atoms with Crippen LogP contribution < -0.4 is 5.32 Å². The van der Waals surface area contributed by atoms with Gasteiger partial charge in [-0.1, -0.05) is 22.5 Å². The molecule has 0 heterocycles. The molecule has 0 unspecified atom stereocenters. The molecule has 1 N–H and O–H groups in total. The van der Waals surface area contributed by atoms with Gasteiger partial charge >= 0.3 is 18.3 Å². The lowest BCUT2D eigenvalue weighted by molar-refractivity contribution is -0.145. The smallest absolute Gasteiger partial charge is 0.416 e. The van der Waals surface area contributed by atoms with E-state index < -0.39 is 53.4 Å². The minimum atomic E-state index is -5.02. The number of ether oxygens (including phenoxy) is 1. The lowest BCUT2D eigenvalue weighted by Crippen LogP contribution is -2.42. The number of halogens is 7. The third-order valence-corrected chi connectivity index (χ3v) is 3.58. The summed E-state index contributed by atoms with van der Waals surface area (Å²) in [6.45, 7) is 3.49. The molecule has 1 amide bonds. The van der Waals surface area contributed by atoms with Crippen molar-refractivity contribution in [3.8, 4) is 0 Å². The van der Waals surface area contributed by atoms with Crippen LogP contribution in [0, 0.1) is 0 Å². The molecule has 11 heteroatoms. The molecule has 0 spiro atoms. The Morgan fingerprint density at radius 2 is 1.59 bits per heavy atom. The molecule has 0 bridgehead atoms. The highest BCUT2D eigenvalue weighted by atomic mass is 79.9. The highest BCUT2D eigenvalue weighted by Gasteiger charge is 2.37. The Balaban J connectivity index is 3.10. The SMILES string of the molecule is C=C(Br)C[C@H](NC(=O)Cc1cc(C(F)(F)F)cc(C(F)(F)F)c1)C(=O)OC. The van der Waals surface area contributed by atoms with Crippen molar-refractivity contribution in [1.82, 2.24) is 5.32 Å². The van der Waals surface area contributed by atoms with Crippen LogP contribution in [0.25, 0.3) is 0 Å². The van der Waals surface area contributed by atoms with Crippen molar-refractivity contribution in [3.63, 3.8) is 0 Å². The molecule has 0 aliphatic rings. The molecule has 1 atom stereocenters. The van der Waals surface area contributed by atoms with Gasteiger partial charge in [-0.25, -0.2) is 4.79 Å². The molecular weight excluding hydrogens is 448 g/mol. The van der Waals surface area contributed by atoms with Crippen LogP contribution in [0.3, 0.4) is 0 Å². The summed E-state index contributed by atoms with van der Waals surface area (Å²) >= 11 is 2.99. The van der Waals surface area contributed by atoms with Gasteiger partial charge in [0.25, 0.3) is 0 Å². The van der Waals surface area contributed by atoms with Crippen LogP contribution in [0.2, 0.25) is 0 Å². The number of esters is 1. The summed E-state index contributed by atoms with van der Waals surface area (Å²) < 4.78 is 81.8. The van der Waals surface area contributed by atoms with Crippen molar-refractivity contribution >= 4 is 27.8 Å². The Morgan fingerprint density at radius 3 is 1.96 bits per heavy atom. The molecule has 1 aromatic rings. The average Bonchev–Trinajstić information content (AvgIpc) is 2.50. The van der Waals surface area contributed by atoms with Gasteiger partial charge in [-0.3, -0.25) is 4.79 Å². The number of rotatable bonds is 6. The quantitative estimate of drug-likeness (QED) is 0.509. The number of methoxy groups -OCH3 is 1. The van der Waals surface area contributed by atoms with Crippen molar-refractivity contribution in [2.45, 2.75) is 31.2 Å². The number of amides is 1. The molecule has 1 rings (SSSR count). The summed E-state index contributed by atoms with van der Waals surface area (Å²) in [5.74, 6) is -1.80. The van der Waals surface area contributed by atoms with E-state index in [0.717, 1.165) is 7.11 Å². The summed E-state index contributed by atoms with van der Waals surface area (Å²) in [6, 6.07) is -0.327. The molecule has 27 heavy (non-hydrogen) atoms. The largest absolute Gasteiger partial charge is 0.467 e. The molecule has 1 aromatic carbocycles. The van der Waals surface area contributed by atoms with Crippen molar-refractivity contribution in [1.29, 1.82) is 0 Å². The van der Waals surface area contributed by atoms with E-state index in [9.17, 15) is 35.9 Å². The van der Waals surface area contributed by atoms with E-state index in [-0.39, 0.29) is 12.5 Å². The zero-order chi connectivity index (χ0) is 21.0. The molecule has 0 saturated heterocycles. The summed E-state index contributed by atoms with van der Waals surface area (Å²) in [5.41, 5.74) is -3.56. The first-order chi connectivity index (χ1) is 12.2. The van der Waals surface area contributed by atoms with E-state index in [1.165, 1.54) is 0 Å². The first kappa shape index (κ1) is 23.0. The maximum Gasteiger partial charge on any atom is 0.416 e. The monoisotopic (exact) mass is 461 g/mol. The summed E-state index contributed by atoms with van der Waals surface area (Å²) in [5, 5.41) is 2.20. The predicted octanol–water partition coefficient (Wildman–Crippen LogP) is 4.22. The first-order valence-electron chi connectivity index (χ1n) is 7.23. The fourth-order valence-electron chi connectivity index (χ4n) is 2.11. The number of hydrogen-bond acceptors (Lipinski definition) is 3. The summed E-state index contributed by atoms with van der Waals surface area (Å²) in [6.07, 6.45) is -10.9. The fourth-order valence-corrected chi connectivity index (χ4v) is 2.43. The van der Waals surface area contributed by atoms with Crippen LogP contribution in [0.4, 0.5) is 26.3 Å². The minimum absolute atomic E-state index is 0.0342. The third-order valence-electron chi connectivity index (χ3n) is 3.26. The van der Waals surface area contributed by atoms with Crippen LogP contribution >= 0.6 is 15.9 Å². The van der Waals surface area contributed by atoms with E-state index in [2.05, 4.69) is 32.6 Å². The van der Waals surface area contributed by atoms with Crippen LogP contribution in [0.1, 0.15) is 23.1 Å². The second-order valence-corrected chi connectivity index (χ2v) is 6.58. The Kier molecular flexibility index (Phi) is 7.47. The minimum Gasteiger partial charge on any atom is -0.467 e. The fraction of sp³-hybridized carbons (Fsp3) is 0.375. The van der Waals surface area contributed by atoms with Gasteiger partial charge in [0.2, 0.25) is 5.91 Å². The van der Waals surface area contributed by atoms with Crippen molar-refractivity contribution < 1.29 is 40.7 Å². The Bertz CT molecular complexity index is 698. The highest BCUT2D eigenvalue weighted by Crippen LogP contribution is 2.36. The molecule has 0 aliphatic carbocycles. The second kappa shape index (κ2) is 8.77. The topological polar surface area (TPSA) is 55.4 Å². The number of carbonyl (C=O) groups excluding carboxylic acids is 2. The van der Waals surface area contributed by atoms with E-state index in [1.807, 2.05) is 0 Å². The van der Waals surface area contributed by atoms with Crippen molar-refractivity contribution in [2.24, 2.45) is 0 Å². The number of hydrogen-bond donors (Lipinski definition) is 1. The van der Waals surface area contributed by atoms with Gasteiger partial charge in [0.15, 0.2) is 0 Å². The molecule has 0 aliphatic heterocycles. The Hall–Kier alpha value is -2.04. The lowest BCUT2D eigenvalue weighted by atomic mass is 10.0. The molecule has 0 fully saturated rings. The van der Waals surface area contributed by atoms with Gasteiger partial charge in [0.1, 0.15) is 6.04 Å². The van der Waals surface area contributed by atoms with Gasteiger partial charge in [0, 0.05) is 6.42 Å². The maximum absolute atomic E-state index is 12.8. The van der Waals surface area contributed by atoms with Crippen LogP contribution in [0.15, 0.2) is 29.3 Å². The predicted molar refractivity (Wildman–Crippen MR) is 86.8 cm³/mol. The zero-order valence-electron chi connectivity index (χ0n) is 13.8. The normalized spacial score (nSPS) is 13.0. The maximum atomic E-state index is 12.8. The van der Waals surface area contributed by atoms with E-state index in [0.29, 0.717) is 16.6 Å². The molecule has 0 aromatic heterocycles. The molecule has 0 radical (unpaired) electrons. The van der Waals surface area contributed by atoms with Gasteiger partial charge in [-0.2, -0.15) is 26.3 Å². The second-order valence-electron chi connectivity index (χ2n) is 5.46. The van der Waals surface area contributed by atoms with E-state index in [1.54, 1.807) is 0 Å². The molecule has 0 saturated carbocycles. The summed E-state index contributed by atoms with van der Waals surface area (Å²) in [7, 11) is 1.06. The van der Waals surface area contributed by atoms with E-state index >= 15 is 0 Å².